The van der Waals surface area contributed by atoms with Gasteiger partial charge in [0.1, 0.15) is 0 Å². The molecule has 2 rings (SSSR count). The number of rotatable bonds is 3. The molecule has 0 saturated carbocycles. The van der Waals surface area contributed by atoms with Crippen LogP contribution in [-0.4, -0.2) is 30.2 Å². The minimum atomic E-state index is -3.92. The van der Waals surface area contributed by atoms with Crippen LogP contribution in [-0.2, 0) is 10.0 Å². The molecule has 1 aromatic carbocycles. The van der Waals surface area contributed by atoms with E-state index in [1.54, 1.807) is 0 Å². The molecule has 1 fully saturated rings. The SMILES string of the molecule is CC1CCN(S(=O)(=O)c2cc(N)ccc2[N+](=O)[O-])C(C)C1. The Morgan fingerprint density at radius 2 is 2.05 bits per heavy atom. The molecule has 1 aromatic rings. The highest BCUT2D eigenvalue weighted by Crippen LogP contribution is 2.33. The number of sulfonamides is 1. The van der Waals surface area contributed by atoms with E-state index in [4.69, 9.17) is 5.73 Å². The quantitative estimate of drug-likeness (QED) is 0.521. The Hall–Kier alpha value is -1.67. The lowest BCUT2D eigenvalue weighted by atomic mass is 9.95. The van der Waals surface area contributed by atoms with Crippen molar-refractivity contribution in [3.05, 3.63) is 28.3 Å². The van der Waals surface area contributed by atoms with Crippen LogP contribution < -0.4 is 5.73 Å². The van der Waals surface area contributed by atoms with Gasteiger partial charge in [-0.15, -0.1) is 0 Å². The summed E-state index contributed by atoms with van der Waals surface area (Å²) in [6, 6.07) is 3.45. The van der Waals surface area contributed by atoms with Gasteiger partial charge in [-0.2, -0.15) is 4.31 Å². The second-order valence-electron chi connectivity index (χ2n) is 5.58. The topological polar surface area (TPSA) is 107 Å². The molecule has 7 nitrogen and oxygen atoms in total. The molecule has 116 valence electrons. The van der Waals surface area contributed by atoms with E-state index < -0.39 is 20.6 Å². The fraction of sp³-hybridized carbons (Fsp3) is 0.538. The number of benzene rings is 1. The van der Waals surface area contributed by atoms with Crippen molar-refractivity contribution in [2.45, 2.75) is 37.6 Å². The van der Waals surface area contributed by atoms with E-state index in [0.29, 0.717) is 12.5 Å². The molecule has 1 heterocycles. The Bertz CT molecular complexity index is 659. The Morgan fingerprint density at radius 1 is 1.38 bits per heavy atom. The fourth-order valence-electron chi connectivity index (χ4n) is 2.76. The normalized spacial score (nSPS) is 23.9. The number of hydrogen-bond donors (Lipinski definition) is 1. The van der Waals surface area contributed by atoms with Crippen LogP contribution in [0, 0.1) is 16.0 Å². The van der Waals surface area contributed by atoms with Crippen LogP contribution in [0.25, 0.3) is 0 Å². The van der Waals surface area contributed by atoms with E-state index in [9.17, 15) is 18.5 Å². The third kappa shape index (κ3) is 3.01. The molecule has 0 aromatic heterocycles. The van der Waals surface area contributed by atoms with Gasteiger partial charge in [0, 0.05) is 24.3 Å². The third-order valence-electron chi connectivity index (χ3n) is 3.84. The van der Waals surface area contributed by atoms with Gasteiger partial charge in [-0.05, 0) is 37.8 Å². The molecule has 2 unspecified atom stereocenters. The van der Waals surface area contributed by atoms with Crippen molar-refractivity contribution < 1.29 is 13.3 Å². The Labute approximate surface area is 123 Å². The van der Waals surface area contributed by atoms with Gasteiger partial charge in [0.05, 0.1) is 4.92 Å². The molecular weight excluding hydrogens is 294 g/mol. The second kappa shape index (κ2) is 5.61. The molecule has 8 heteroatoms. The van der Waals surface area contributed by atoms with Gasteiger partial charge in [-0.25, -0.2) is 8.42 Å². The van der Waals surface area contributed by atoms with Gasteiger partial charge < -0.3 is 5.73 Å². The maximum atomic E-state index is 12.7. The molecule has 0 spiro atoms. The molecule has 0 bridgehead atoms. The van der Waals surface area contributed by atoms with Crippen LogP contribution in [0.5, 0.6) is 0 Å². The van der Waals surface area contributed by atoms with Crippen molar-refractivity contribution in [2.24, 2.45) is 5.92 Å². The second-order valence-corrected chi connectivity index (χ2v) is 7.44. The summed E-state index contributed by atoms with van der Waals surface area (Å²) in [6.45, 7) is 4.27. The van der Waals surface area contributed by atoms with Gasteiger partial charge in [0.2, 0.25) is 10.0 Å². The van der Waals surface area contributed by atoms with Crippen LogP contribution >= 0.6 is 0 Å². The zero-order valence-corrected chi connectivity index (χ0v) is 12.8. The first-order valence-electron chi connectivity index (χ1n) is 6.79. The summed E-state index contributed by atoms with van der Waals surface area (Å²) in [5, 5.41) is 11.1. The van der Waals surface area contributed by atoms with E-state index >= 15 is 0 Å². The molecule has 1 saturated heterocycles. The largest absolute Gasteiger partial charge is 0.399 e. The Morgan fingerprint density at radius 3 is 2.62 bits per heavy atom. The van der Waals surface area contributed by atoms with Crippen LogP contribution in [0.3, 0.4) is 0 Å². The van der Waals surface area contributed by atoms with E-state index in [1.165, 1.54) is 10.4 Å². The lowest BCUT2D eigenvalue weighted by molar-refractivity contribution is -0.387. The fourth-order valence-corrected chi connectivity index (χ4v) is 4.61. The summed E-state index contributed by atoms with van der Waals surface area (Å²) in [5.74, 6) is 0.447. The van der Waals surface area contributed by atoms with Crippen LogP contribution in [0.2, 0.25) is 0 Å². The minimum absolute atomic E-state index is 0.181. The lowest BCUT2D eigenvalue weighted by Gasteiger charge is -2.35. The van der Waals surface area contributed by atoms with Crippen molar-refractivity contribution in [1.82, 2.24) is 4.31 Å². The number of hydrogen-bond acceptors (Lipinski definition) is 5. The Kier molecular flexibility index (Phi) is 4.20. The number of nitro benzene ring substituents is 1. The van der Waals surface area contributed by atoms with Crippen molar-refractivity contribution in [1.29, 1.82) is 0 Å². The lowest BCUT2D eigenvalue weighted by Crippen LogP contribution is -2.44. The summed E-state index contributed by atoms with van der Waals surface area (Å²) in [6.07, 6.45) is 1.50. The molecule has 0 aliphatic carbocycles. The average Bonchev–Trinajstić information content (AvgIpc) is 2.37. The standard InChI is InChI=1S/C13H19N3O4S/c1-9-5-6-15(10(2)7-9)21(19,20)13-8-11(14)3-4-12(13)16(17)18/h3-4,8-10H,5-7,14H2,1-2H3. The molecule has 0 amide bonds. The summed E-state index contributed by atoms with van der Waals surface area (Å²) < 4.78 is 26.8. The van der Waals surface area contributed by atoms with Crippen LogP contribution in [0.15, 0.2) is 23.1 Å². The summed E-state index contributed by atoms with van der Waals surface area (Å²) in [4.78, 5) is 10.1. The first-order valence-corrected chi connectivity index (χ1v) is 8.23. The highest BCUT2D eigenvalue weighted by Gasteiger charge is 2.37. The number of nitrogens with two attached hydrogens (primary N) is 1. The molecule has 1 aliphatic heterocycles. The van der Waals surface area contributed by atoms with Crippen molar-refractivity contribution in [2.75, 3.05) is 12.3 Å². The van der Waals surface area contributed by atoms with Crippen molar-refractivity contribution in [3.63, 3.8) is 0 Å². The Balaban J connectivity index is 2.49. The maximum absolute atomic E-state index is 12.7. The van der Waals surface area contributed by atoms with Gasteiger partial charge in [0.25, 0.3) is 5.69 Å². The van der Waals surface area contributed by atoms with E-state index in [-0.39, 0.29) is 16.6 Å². The molecule has 1 aliphatic rings. The average molecular weight is 313 g/mol. The molecule has 0 radical (unpaired) electrons. The van der Waals surface area contributed by atoms with E-state index in [2.05, 4.69) is 6.92 Å². The van der Waals surface area contributed by atoms with Crippen LogP contribution in [0.4, 0.5) is 11.4 Å². The zero-order valence-electron chi connectivity index (χ0n) is 12.0. The molecule has 21 heavy (non-hydrogen) atoms. The van der Waals surface area contributed by atoms with Crippen molar-refractivity contribution >= 4 is 21.4 Å². The van der Waals surface area contributed by atoms with Crippen LogP contribution in [0.1, 0.15) is 26.7 Å². The third-order valence-corrected chi connectivity index (χ3v) is 5.89. The van der Waals surface area contributed by atoms with E-state index in [0.717, 1.165) is 25.0 Å². The van der Waals surface area contributed by atoms with E-state index in [1.807, 2.05) is 6.92 Å². The first kappa shape index (κ1) is 15.7. The number of piperidine rings is 1. The smallest absolute Gasteiger partial charge is 0.289 e. The minimum Gasteiger partial charge on any atom is -0.399 e. The number of nitro groups is 1. The molecule has 2 N–H and O–H groups in total. The van der Waals surface area contributed by atoms with Gasteiger partial charge in [-0.1, -0.05) is 6.92 Å². The monoisotopic (exact) mass is 313 g/mol. The summed E-state index contributed by atoms with van der Waals surface area (Å²) >= 11 is 0. The van der Waals surface area contributed by atoms with Gasteiger partial charge in [-0.3, -0.25) is 10.1 Å². The number of nitrogens with zero attached hydrogens (tertiary/aromatic N) is 2. The highest BCUT2D eigenvalue weighted by molar-refractivity contribution is 7.89. The predicted octanol–water partition coefficient (Wildman–Crippen LogP) is 1.99. The summed E-state index contributed by atoms with van der Waals surface area (Å²) in [7, 11) is -3.92. The van der Waals surface area contributed by atoms with Gasteiger partial charge >= 0.3 is 0 Å². The maximum Gasteiger partial charge on any atom is 0.289 e. The predicted molar refractivity (Wildman–Crippen MR) is 79.3 cm³/mol. The number of anilines is 1. The molecular formula is C13H19N3O4S. The first-order chi connectivity index (χ1) is 9.73. The number of nitrogen functional groups attached to an aromatic ring is 1. The highest BCUT2D eigenvalue weighted by atomic mass is 32.2. The summed E-state index contributed by atoms with van der Waals surface area (Å²) in [5.41, 5.74) is 5.36. The van der Waals surface area contributed by atoms with Gasteiger partial charge in [0.15, 0.2) is 4.90 Å². The molecule has 2 atom stereocenters. The zero-order chi connectivity index (χ0) is 15.8. The van der Waals surface area contributed by atoms with Crippen molar-refractivity contribution in [3.8, 4) is 0 Å².